The molecule has 4 aromatic carbocycles. The van der Waals surface area contributed by atoms with Gasteiger partial charge in [-0.2, -0.15) is 62.0 Å². The molecule has 9 rings (SSSR count). The molecule has 0 radical (unpaired) electrons. The second-order valence-electron chi connectivity index (χ2n) is 17.9. The zero-order valence-electron chi connectivity index (χ0n) is 44.1. The molecule has 0 saturated carbocycles. The van der Waals surface area contributed by atoms with Gasteiger partial charge in [0.05, 0.1) is 121 Å². The highest BCUT2D eigenvalue weighted by atomic mass is 79.9. The number of rotatable bonds is 15. The summed E-state index contributed by atoms with van der Waals surface area (Å²) in [6.07, 6.45) is -7.67. The van der Waals surface area contributed by atoms with E-state index >= 15 is 0 Å². The molecule has 0 atom stereocenters. The third-order valence-corrected chi connectivity index (χ3v) is 12.6. The monoisotopic (exact) mass is 1240 g/mol. The molecular formula is C57H35BrF7N13O8. The number of aromatic nitrogens is 9. The Hall–Kier alpha value is -11.3. The fourth-order valence-corrected chi connectivity index (χ4v) is 8.46. The van der Waals surface area contributed by atoms with Gasteiger partial charge in [-0.3, -0.25) is 28.3 Å². The van der Waals surface area contributed by atoms with Gasteiger partial charge in [-0.1, -0.05) is 24.3 Å². The van der Waals surface area contributed by atoms with Crippen molar-refractivity contribution in [1.82, 2.24) is 43.6 Å². The molecule has 0 aliphatic rings. The standard InChI is InChI=1S/C31H19F4N7O4.C26H16BrF3N6O4/c1-45-23-5-2-18(3-6-23)15-42-29(43)25(21-4-7-26(32)38-14-21)11-22(40-42)16-41-17-39-28(31(33,34)35)27(30(41)44)46-24-9-19(12-36)8-20(10-24)13-37;1-39-19-4-2-15(3-5-19)12-36-24(37)21(27)9-18(34-36)13-35-14-33-23(26(28,29)30)22(25(35)38)40-20-7-16(10-31)6-17(8-20)11-32/h2-11,14,17H,15-16H2,1H3;2-9,14H,12-13H2,1H3. The van der Waals surface area contributed by atoms with Gasteiger partial charge in [-0.15, -0.1) is 0 Å². The number of nitrogens with zero attached hydrogens (tertiary/aromatic N) is 13. The molecule has 432 valence electrons. The highest BCUT2D eigenvalue weighted by Gasteiger charge is 2.40. The van der Waals surface area contributed by atoms with Crippen LogP contribution in [0.4, 0.5) is 30.7 Å². The molecule has 0 aliphatic carbocycles. The van der Waals surface area contributed by atoms with Gasteiger partial charge in [-0.05, 0) is 112 Å². The molecule has 0 saturated heterocycles. The van der Waals surface area contributed by atoms with Crippen LogP contribution in [0.25, 0.3) is 11.1 Å². The molecule has 0 N–H and O–H groups in total. The largest absolute Gasteiger partial charge is 0.497 e. The summed E-state index contributed by atoms with van der Waals surface area (Å²) in [5, 5.41) is 45.4. The van der Waals surface area contributed by atoms with Gasteiger partial charge in [-0.25, -0.2) is 24.3 Å². The molecule has 0 unspecified atom stereocenters. The highest BCUT2D eigenvalue weighted by molar-refractivity contribution is 9.10. The summed E-state index contributed by atoms with van der Waals surface area (Å²) in [4.78, 5) is 63.2. The number of halogens is 8. The number of pyridine rings is 1. The Kier molecular flexibility index (Phi) is 18.3. The van der Waals surface area contributed by atoms with Crippen LogP contribution in [0.15, 0.2) is 152 Å². The van der Waals surface area contributed by atoms with Crippen molar-refractivity contribution in [3.8, 4) is 69.9 Å². The van der Waals surface area contributed by atoms with Crippen molar-refractivity contribution in [1.29, 1.82) is 21.0 Å². The van der Waals surface area contributed by atoms with Crippen molar-refractivity contribution >= 4 is 15.9 Å². The number of hydrogen-bond donors (Lipinski definition) is 0. The van der Waals surface area contributed by atoms with Crippen molar-refractivity contribution in [3.05, 3.63) is 236 Å². The molecule has 5 aromatic heterocycles. The number of ether oxygens (including phenoxy) is 4. The zero-order valence-corrected chi connectivity index (χ0v) is 45.6. The van der Waals surface area contributed by atoms with E-state index in [0.717, 1.165) is 60.6 Å². The van der Waals surface area contributed by atoms with Crippen LogP contribution in [0.2, 0.25) is 0 Å². The number of hydrogen-bond acceptors (Lipinski definition) is 17. The Balaban J connectivity index is 0.000000226. The second kappa shape index (κ2) is 25.9. The predicted octanol–water partition coefficient (Wildman–Crippen LogP) is 8.88. The summed E-state index contributed by atoms with van der Waals surface area (Å²) in [5.41, 5.74) is -5.16. The van der Waals surface area contributed by atoms with Crippen molar-refractivity contribution in [2.45, 2.75) is 38.5 Å². The van der Waals surface area contributed by atoms with Gasteiger partial charge in [0, 0.05) is 11.8 Å². The maximum Gasteiger partial charge on any atom is 0.437 e. The minimum Gasteiger partial charge on any atom is -0.497 e. The summed E-state index contributed by atoms with van der Waals surface area (Å²) in [7, 11) is 3.01. The smallest absolute Gasteiger partial charge is 0.437 e. The summed E-state index contributed by atoms with van der Waals surface area (Å²) in [6, 6.07) is 32.5. The Bertz CT molecular complexity index is 4420. The summed E-state index contributed by atoms with van der Waals surface area (Å²) < 4.78 is 121. The van der Waals surface area contributed by atoms with Gasteiger partial charge < -0.3 is 18.9 Å². The predicted molar refractivity (Wildman–Crippen MR) is 289 cm³/mol. The lowest BCUT2D eigenvalue weighted by molar-refractivity contribution is -0.143. The first kappa shape index (κ1) is 60.8. The van der Waals surface area contributed by atoms with Crippen molar-refractivity contribution in [3.63, 3.8) is 0 Å². The first-order chi connectivity index (χ1) is 41.0. The number of benzene rings is 4. The van der Waals surface area contributed by atoms with E-state index in [1.165, 1.54) is 44.6 Å². The van der Waals surface area contributed by atoms with Crippen LogP contribution in [0.1, 0.15) is 56.2 Å². The molecule has 21 nitrogen and oxygen atoms in total. The quantitative estimate of drug-likeness (QED) is 0.0684. The second-order valence-corrected chi connectivity index (χ2v) is 18.7. The van der Waals surface area contributed by atoms with Crippen LogP contribution in [-0.4, -0.2) is 57.9 Å². The Morgan fingerprint density at radius 3 is 1.28 bits per heavy atom. The Morgan fingerprint density at radius 1 is 0.500 bits per heavy atom. The first-order valence-corrected chi connectivity index (χ1v) is 25.2. The van der Waals surface area contributed by atoms with E-state index in [4.69, 9.17) is 29.5 Å². The molecule has 0 aliphatic heterocycles. The molecule has 9 aromatic rings. The van der Waals surface area contributed by atoms with E-state index < -0.39 is 70.0 Å². The van der Waals surface area contributed by atoms with Crippen LogP contribution >= 0.6 is 15.9 Å². The average Bonchev–Trinajstić information content (AvgIpc) is 2.63. The van der Waals surface area contributed by atoms with Crippen molar-refractivity contribution in [2.24, 2.45) is 0 Å². The van der Waals surface area contributed by atoms with Crippen molar-refractivity contribution < 1.29 is 49.7 Å². The number of alkyl halides is 6. The van der Waals surface area contributed by atoms with E-state index in [1.807, 2.05) is 0 Å². The number of methoxy groups -OCH3 is 2. The van der Waals surface area contributed by atoms with E-state index in [2.05, 4.69) is 41.1 Å². The molecule has 5 heterocycles. The molecule has 29 heteroatoms. The number of nitriles is 4. The Labute approximate surface area is 487 Å². The van der Waals surface area contributed by atoms with Crippen LogP contribution in [0.3, 0.4) is 0 Å². The SMILES string of the molecule is COc1ccc(Cn2nc(Cn3cnc(C(F)(F)F)c(Oc4cc(C#N)cc(C#N)c4)c3=O)cc(-c3ccc(F)nc3)c2=O)cc1.COc1ccc(Cn2nc(Cn3cnc(C(F)(F)F)c(Oc4cc(C#N)cc(C#N)c4)c3=O)cc(Br)c2=O)cc1. The maximum atomic E-state index is 13.9. The zero-order chi connectivity index (χ0) is 62.0. The van der Waals surface area contributed by atoms with E-state index in [0.29, 0.717) is 29.7 Å². The maximum absolute atomic E-state index is 13.9. The molecule has 0 bridgehead atoms. The van der Waals surface area contributed by atoms with E-state index in [1.54, 1.807) is 72.8 Å². The summed E-state index contributed by atoms with van der Waals surface area (Å²) in [6.45, 7) is -0.792. The lowest BCUT2D eigenvalue weighted by atomic mass is 10.1. The molecule has 0 fully saturated rings. The van der Waals surface area contributed by atoms with Crippen molar-refractivity contribution in [2.75, 3.05) is 14.2 Å². The van der Waals surface area contributed by atoms with Gasteiger partial charge in [0.15, 0.2) is 11.4 Å². The molecule has 0 amide bonds. The fraction of sp³-hybridized carbons (Fsp3) is 0.140. The van der Waals surface area contributed by atoms with Gasteiger partial charge in [0.25, 0.3) is 22.2 Å². The lowest BCUT2D eigenvalue weighted by Gasteiger charge is -2.16. The molecule has 0 spiro atoms. The summed E-state index contributed by atoms with van der Waals surface area (Å²) in [5.74, 6) is -2.64. The minimum atomic E-state index is -5.11. The minimum absolute atomic E-state index is 0.0350. The van der Waals surface area contributed by atoms with Crippen LogP contribution in [-0.2, 0) is 38.5 Å². The third-order valence-electron chi connectivity index (χ3n) is 12.0. The van der Waals surface area contributed by atoms with Crippen LogP contribution in [0.5, 0.6) is 34.5 Å². The van der Waals surface area contributed by atoms with Crippen LogP contribution < -0.4 is 41.2 Å². The average molecular weight is 1240 g/mol. The topological polar surface area (TPSA) is 285 Å². The van der Waals surface area contributed by atoms with Gasteiger partial charge >= 0.3 is 12.4 Å². The molecule has 86 heavy (non-hydrogen) atoms. The normalized spacial score (nSPS) is 11.0. The summed E-state index contributed by atoms with van der Waals surface area (Å²) >= 11 is 3.17. The van der Waals surface area contributed by atoms with E-state index in [-0.39, 0.29) is 80.4 Å². The first-order valence-electron chi connectivity index (χ1n) is 24.4. The van der Waals surface area contributed by atoms with Gasteiger partial charge in [0.2, 0.25) is 17.4 Å². The lowest BCUT2D eigenvalue weighted by Crippen LogP contribution is -2.30. The van der Waals surface area contributed by atoms with Gasteiger partial charge in [0.1, 0.15) is 23.0 Å². The Morgan fingerprint density at radius 2 is 0.907 bits per heavy atom. The van der Waals surface area contributed by atoms with E-state index in [9.17, 15) is 60.4 Å². The van der Waals surface area contributed by atoms with Crippen LogP contribution in [0, 0.1) is 51.3 Å². The molecular weight excluding hydrogens is 1210 g/mol. The third kappa shape index (κ3) is 14.5. The fourth-order valence-electron chi connectivity index (χ4n) is 7.99. The highest BCUT2D eigenvalue weighted by Crippen LogP contribution is 2.36.